The molecule has 1 aliphatic heterocycles. The molecule has 0 radical (unpaired) electrons. The number of para-hydroxylation sites is 1. The quantitative estimate of drug-likeness (QED) is 0.419. The van der Waals surface area contributed by atoms with E-state index in [-0.39, 0.29) is 18.2 Å². The molecule has 8 nitrogen and oxygen atoms in total. The third-order valence-corrected chi connectivity index (χ3v) is 5.82. The number of aromatic nitrogens is 4. The summed E-state index contributed by atoms with van der Waals surface area (Å²) in [5.74, 6) is 0.232. The number of rotatable bonds is 5. The van der Waals surface area contributed by atoms with E-state index in [1.807, 2.05) is 91.1 Å². The molecule has 35 heavy (non-hydrogen) atoms. The van der Waals surface area contributed by atoms with Gasteiger partial charge in [-0.3, -0.25) is 9.79 Å². The monoisotopic (exact) mass is 460 g/mol. The number of carbonyl (C=O) groups excluding carboxylic acids is 1. The minimum Gasteiger partial charge on any atom is -0.403 e. The van der Waals surface area contributed by atoms with E-state index < -0.39 is 6.17 Å². The molecule has 0 spiro atoms. The van der Waals surface area contributed by atoms with Crippen LogP contribution in [0, 0.1) is 0 Å². The molecule has 3 heterocycles. The van der Waals surface area contributed by atoms with Gasteiger partial charge in [-0.1, -0.05) is 71.8 Å². The molecule has 0 amide bonds. The van der Waals surface area contributed by atoms with E-state index >= 15 is 0 Å². The van der Waals surface area contributed by atoms with Crippen LogP contribution in [-0.4, -0.2) is 37.6 Å². The second kappa shape index (κ2) is 8.83. The summed E-state index contributed by atoms with van der Waals surface area (Å²) in [4.78, 5) is 18.0. The molecule has 1 aliphatic rings. The maximum absolute atomic E-state index is 13.2. The van der Waals surface area contributed by atoms with Gasteiger partial charge in [0.25, 0.3) is 5.89 Å². The van der Waals surface area contributed by atoms with Crippen LogP contribution in [0.3, 0.4) is 0 Å². The van der Waals surface area contributed by atoms with Gasteiger partial charge in [-0.05, 0) is 23.8 Å². The van der Waals surface area contributed by atoms with Crippen LogP contribution < -0.4 is 5.32 Å². The van der Waals surface area contributed by atoms with Crippen molar-refractivity contribution in [2.45, 2.75) is 12.6 Å². The molecule has 8 heteroatoms. The van der Waals surface area contributed by atoms with Crippen LogP contribution in [-0.2, 0) is 11.2 Å². The second-order valence-electron chi connectivity index (χ2n) is 8.07. The molecule has 0 saturated heterocycles. The topological polar surface area (TPSA) is 98.2 Å². The Morgan fingerprint density at radius 2 is 1.63 bits per heavy atom. The van der Waals surface area contributed by atoms with Gasteiger partial charge < -0.3 is 9.73 Å². The van der Waals surface area contributed by atoms with Crippen LogP contribution in [0.15, 0.2) is 107 Å². The Morgan fingerprint density at radius 1 is 0.857 bits per heavy atom. The van der Waals surface area contributed by atoms with Gasteiger partial charge in [0.05, 0.1) is 17.0 Å². The van der Waals surface area contributed by atoms with E-state index in [4.69, 9.17) is 9.41 Å². The zero-order valence-electron chi connectivity index (χ0n) is 18.6. The Labute approximate surface area is 201 Å². The lowest BCUT2D eigenvalue weighted by Gasteiger charge is -2.12. The van der Waals surface area contributed by atoms with E-state index in [0.717, 1.165) is 33.7 Å². The molecule has 5 aromatic rings. The minimum absolute atomic E-state index is 0.0833. The summed E-state index contributed by atoms with van der Waals surface area (Å²) < 4.78 is 7.65. The summed E-state index contributed by atoms with van der Waals surface area (Å²) >= 11 is 0. The van der Waals surface area contributed by atoms with Crippen LogP contribution >= 0.6 is 0 Å². The lowest BCUT2D eigenvalue weighted by Crippen LogP contribution is -2.29. The number of aliphatic imine (C=N–C) groups is 1. The van der Waals surface area contributed by atoms with Crippen LogP contribution in [0.5, 0.6) is 0 Å². The lowest BCUT2D eigenvalue weighted by atomic mass is 9.96. The van der Waals surface area contributed by atoms with Gasteiger partial charge in [0.15, 0.2) is 11.9 Å². The highest BCUT2D eigenvalue weighted by Gasteiger charge is 2.27. The predicted molar refractivity (Wildman–Crippen MR) is 132 cm³/mol. The van der Waals surface area contributed by atoms with Crippen molar-refractivity contribution in [3.05, 3.63) is 114 Å². The smallest absolute Gasteiger partial charge is 0.317 e. The average Bonchev–Trinajstić information content (AvgIpc) is 3.58. The number of anilines is 1. The molecule has 3 aromatic carbocycles. The van der Waals surface area contributed by atoms with Crippen molar-refractivity contribution in [2.24, 2.45) is 4.99 Å². The zero-order valence-corrected chi connectivity index (χ0v) is 18.6. The zero-order chi connectivity index (χ0) is 23.6. The molecule has 0 unspecified atom stereocenters. The molecule has 6 rings (SSSR count). The first kappa shape index (κ1) is 20.7. The minimum atomic E-state index is -0.868. The average molecular weight is 460 g/mol. The van der Waals surface area contributed by atoms with Gasteiger partial charge in [0.1, 0.15) is 0 Å². The summed E-state index contributed by atoms with van der Waals surface area (Å²) in [6.07, 6.45) is 2.93. The van der Waals surface area contributed by atoms with E-state index in [9.17, 15) is 4.79 Å². The van der Waals surface area contributed by atoms with E-state index in [2.05, 4.69) is 20.6 Å². The number of hydrogen-bond donors (Lipinski definition) is 1. The number of Topliss-reactive ketones (excluding diaryl/α,β-unsaturated/α-hetero) is 1. The molecule has 170 valence electrons. The third kappa shape index (κ3) is 4.02. The largest absolute Gasteiger partial charge is 0.403 e. The summed E-state index contributed by atoms with van der Waals surface area (Å²) in [6, 6.07) is 27.3. The fourth-order valence-corrected chi connectivity index (χ4v) is 4.17. The highest BCUT2D eigenvalue weighted by molar-refractivity contribution is 6.16. The summed E-state index contributed by atoms with van der Waals surface area (Å²) in [5, 5.41) is 15.7. The van der Waals surface area contributed by atoms with Crippen molar-refractivity contribution in [3.63, 3.8) is 0 Å². The molecule has 0 aliphatic carbocycles. The van der Waals surface area contributed by atoms with Crippen molar-refractivity contribution < 1.29 is 9.21 Å². The van der Waals surface area contributed by atoms with Gasteiger partial charge in [0, 0.05) is 29.9 Å². The van der Waals surface area contributed by atoms with Crippen LogP contribution in [0.25, 0.3) is 17.1 Å². The molecule has 0 bridgehead atoms. The number of nitrogens with one attached hydrogen (secondary N) is 1. The SMILES string of the molecule is O=C1Cc2ccccc2C(c2ccccc2)=N[C@@H]1Nc1nnc(-c2ccccc2-n2cccn2)o1. The molecule has 0 fully saturated rings. The van der Waals surface area contributed by atoms with Crippen molar-refractivity contribution in [1.29, 1.82) is 0 Å². The number of benzene rings is 3. The summed E-state index contributed by atoms with van der Waals surface area (Å²) in [7, 11) is 0. The van der Waals surface area contributed by atoms with Crippen molar-refractivity contribution >= 4 is 17.5 Å². The Kier molecular flexibility index (Phi) is 5.23. The number of fused-ring (bicyclic) bond motifs is 1. The first-order chi connectivity index (χ1) is 17.3. The number of carbonyl (C=O) groups is 1. The fourth-order valence-electron chi connectivity index (χ4n) is 4.17. The fraction of sp³-hybridized carbons (Fsp3) is 0.0741. The first-order valence-electron chi connectivity index (χ1n) is 11.2. The highest BCUT2D eigenvalue weighted by atomic mass is 16.4. The van der Waals surface area contributed by atoms with Crippen LogP contribution in [0.4, 0.5) is 6.01 Å². The highest BCUT2D eigenvalue weighted by Crippen LogP contribution is 2.27. The number of hydrogen-bond acceptors (Lipinski definition) is 7. The van der Waals surface area contributed by atoms with Gasteiger partial charge in [0.2, 0.25) is 0 Å². The van der Waals surface area contributed by atoms with Crippen molar-refractivity contribution in [2.75, 3.05) is 5.32 Å². The van der Waals surface area contributed by atoms with E-state index in [0.29, 0.717) is 5.89 Å². The maximum Gasteiger partial charge on any atom is 0.317 e. The van der Waals surface area contributed by atoms with Crippen molar-refractivity contribution in [3.8, 4) is 17.1 Å². The van der Waals surface area contributed by atoms with Gasteiger partial charge in [-0.25, -0.2) is 4.68 Å². The lowest BCUT2D eigenvalue weighted by molar-refractivity contribution is -0.119. The van der Waals surface area contributed by atoms with Gasteiger partial charge in [-0.2, -0.15) is 5.10 Å². The van der Waals surface area contributed by atoms with Gasteiger partial charge >= 0.3 is 6.01 Å². The Bertz CT molecular complexity index is 1520. The summed E-state index contributed by atoms with van der Waals surface area (Å²) in [6.45, 7) is 0. The molecule has 0 saturated carbocycles. The molecular formula is C27H20N6O2. The Hall–Kier alpha value is -4.85. The third-order valence-electron chi connectivity index (χ3n) is 5.82. The molecule has 1 N–H and O–H groups in total. The Morgan fingerprint density at radius 3 is 2.46 bits per heavy atom. The number of ketones is 1. The Balaban J connectivity index is 1.35. The second-order valence-corrected chi connectivity index (χ2v) is 8.07. The molecular weight excluding hydrogens is 440 g/mol. The number of nitrogens with zero attached hydrogens (tertiary/aromatic N) is 5. The maximum atomic E-state index is 13.2. The first-order valence-corrected chi connectivity index (χ1v) is 11.2. The van der Waals surface area contributed by atoms with Crippen LogP contribution in [0.2, 0.25) is 0 Å². The summed E-state index contributed by atoms with van der Waals surface area (Å²) in [5.41, 5.74) is 5.08. The molecule has 2 aromatic heterocycles. The van der Waals surface area contributed by atoms with E-state index in [1.165, 1.54) is 0 Å². The standard InChI is InChI=1S/C27H20N6O2/c34-23-17-19-11-4-5-12-20(19)24(18-9-2-1-3-10-18)29-25(23)30-27-32-31-26(35-27)21-13-6-7-14-22(21)33-16-8-15-28-33/h1-16,25H,17H2,(H,30,32)/t25-/m1/s1. The van der Waals surface area contributed by atoms with E-state index in [1.54, 1.807) is 10.9 Å². The van der Waals surface area contributed by atoms with Gasteiger partial charge in [-0.15, -0.1) is 5.10 Å². The van der Waals surface area contributed by atoms with Crippen LogP contribution in [0.1, 0.15) is 16.7 Å². The van der Waals surface area contributed by atoms with Crippen molar-refractivity contribution in [1.82, 2.24) is 20.0 Å². The molecule has 1 atom stereocenters. The predicted octanol–water partition coefficient (Wildman–Crippen LogP) is 4.32. The normalized spacial score (nSPS) is 15.3.